The van der Waals surface area contributed by atoms with E-state index in [-0.39, 0.29) is 0 Å². The van der Waals surface area contributed by atoms with E-state index in [1.54, 1.807) is 0 Å². The van der Waals surface area contributed by atoms with Crippen LogP contribution in [-0.2, 0) is 6.42 Å². The van der Waals surface area contributed by atoms with Gasteiger partial charge in [0.1, 0.15) is 0 Å². The first-order valence-corrected chi connectivity index (χ1v) is 6.47. The molecule has 1 atom stereocenters. The van der Waals surface area contributed by atoms with Gasteiger partial charge in [-0.2, -0.15) is 0 Å². The van der Waals surface area contributed by atoms with Gasteiger partial charge in [-0.3, -0.25) is 4.90 Å². The Hall–Kier alpha value is -0.570. The summed E-state index contributed by atoms with van der Waals surface area (Å²) in [6.45, 7) is 4.32. The lowest BCUT2D eigenvalue weighted by atomic mass is 10.0. The summed E-state index contributed by atoms with van der Waals surface area (Å²) in [6, 6.07) is 11.2. The van der Waals surface area contributed by atoms with Gasteiger partial charge in [0.05, 0.1) is 0 Å². The maximum Gasteiger partial charge on any atom is 0.0351 e. The molecule has 1 fully saturated rings. The Kier molecular flexibility index (Phi) is 4.64. The quantitative estimate of drug-likeness (QED) is 0.804. The van der Waals surface area contributed by atoms with Gasteiger partial charge in [0.15, 0.2) is 0 Å². The van der Waals surface area contributed by atoms with Crippen molar-refractivity contribution in [2.75, 3.05) is 32.1 Å². The summed E-state index contributed by atoms with van der Waals surface area (Å²) in [5.41, 5.74) is 1.41. The van der Waals surface area contributed by atoms with Crippen LogP contribution >= 0.6 is 11.6 Å². The van der Waals surface area contributed by atoms with Gasteiger partial charge in [0.2, 0.25) is 0 Å². The SMILES string of the molecule is ClCCN1CCN[C@H](Cc2ccccc2)C1. The van der Waals surface area contributed by atoms with Crippen molar-refractivity contribution >= 4 is 11.6 Å². The van der Waals surface area contributed by atoms with Crippen molar-refractivity contribution in [2.24, 2.45) is 0 Å². The normalized spacial score (nSPS) is 22.2. The summed E-state index contributed by atoms with van der Waals surface area (Å²) in [4.78, 5) is 2.44. The van der Waals surface area contributed by atoms with E-state index in [1.165, 1.54) is 5.56 Å². The highest BCUT2D eigenvalue weighted by Gasteiger charge is 2.18. The third-order valence-corrected chi connectivity index (χ3v) is 3.23. The lowest BCUT2D eigenvalue weighted by Gasteiger charge is -2.33. The Morgan fingerprint density at radius 3 is 2.88 bits per heavy atom. The summed E-state index contributed by atoms with van der Waals surface area (Å²) in [5, 5.41) is 3.57. The van der Waals surface area contributed by atoms with Crippen LogP contribution in [0.1, 0.15) is 5.56 Å². The van der Waals surface area contributed by atoms with Crippen LogP contribution in [0.4, 0.5) is 0 Å². The molecule has 0 aliphatic carbocycles. The van der Waals surface area contributed by atoms with Gasteiger partial charge >= 0.3 is 0 Å². The number of alkyl halides is 1. The topological polar surface area (TPSA) is 15.3 Å². The van der Waals surface area contributed by atoms with Crippen molar-refractivity contribution in [2.45, 2.75) is 12.5 Å². The van der Waals surface area contributed by atoms with Gasteiger partial charge in [-0.25, -0.2) is 0 Å². The van der Waals surface area contributed by atoms with Crippen molar-refractivity contribution in [3.63, 3.8) is 0 Å². The Morgan fingerprint density at radius 2 is 2.12 bits per heavy atom. The van der Waals surface area contributed by atoms with E-state index < -0.39 is 0 Å². The number of nitrogens with one attached hydrogen (secondary N) is 1. The Balaban J connectivity index is 1.85. The van der Waals surface area contributed by atoms with E-state index in [0.717, 1.165) is 38.5 Å². The molecule has 0 unspecified atom stereocenters. The van der Waals surface area contributed by atoms with E-state index in [0.29, 0.717) is 6.04 Å². The molecule has 1 aromatic rings. The van der Waals surface area contributed by atoms with Gasteiger partial charge in [-0.1, -0.05) is 30.3 Å². The van der Waals surface area contributed by atoms with Crippen LogP contribution in [0.5, 0.6) is 0 Å². The van der Waals surface area contributed by atoms with E-state index in [1.807, 2.05) is 0 Å². The van der Waals surface area contributed by atoms with Gasteiger partial charge in [-0.05, 0) is 12.0 Å². The van der Waals surface area contributed by atoms with Crippen LogP contribution in [0, 0.1) is 0 Å². The molecule has 2 rings (SSSR count). The molecule has 0 saturated carbocycles. The fourth-order valence-corrected chi connectivity index (χ4v) is 2.49. The molecule has 88 valence electrons. The summed E-state index contributed by atoms with van der Waals surface area (Å²) < 4.78 is 0. The highest BCUT2D eigenvalue weighted by Crippen LogP contribution is 2.07. The van der Waals surface area contributed by atoms with Crippen LogP contribution < -0.4 is 5.32 Å². The van der Waals surface area contributed by atoms with Crippen molar-refractivity contribution < 1.29 is 0 Å². The molecule has 1 aliphatic heterocycles. The molecule has 0 bridgehead atoms. The average Bonchev–Trinajstić information content (AvgIpc) is 2.31. The Labute approximate surface area is 103 Å². The molecule has 0 spiro atoms. The molecule has 1 N–H and O–H groups in total. The minimum absolute atomic E-state index is 0.569. The first-order chi connectivity index (χ1) is 7.88. The number of nitrogens with zero attached hydrogens (tertiary/aromatic N) is 1. The molecule has 1 aromatic carbocycles. The van der Waals surface area contributed by atoms with Crippen LogP contribution in [-0.4, -0.2) is 43.0 Å². The highest BCUT2D eigenvalue weighted by molar-refractivity contribution is 6.18. The van der Waals surface area contributed by atoms with Gasteiger partial charge in [-0.15, -0.1) is 11.6 Å². The zero-order valence-corrected chi connectivity index (χ0v) is 10.3. The molecule has 1 heterocycles. The van der Waals surface area contributed by atoms with Crippen molar-refractivity contribution in [3.05, 3.63) is 35.9 Å². The third kappa shape index (κ3) is 3.48. The number of benzene rings is 1. The van der Waals surface area contributed by atoms with E-state index >= 15 is 0 Å². The predicted octanol–water partition coefficient (Wildman–Crippen LogP) is 1.74. The molecule has 1 saturated heterocycles. The van der Waals surface area contributed by atoms with Crippen LogP contribution in [0.15, 0.2) is 30.3 Å². The van der Waals surface area contributed by atoms with Crippen molar-refractivity contribution in [3.8, 4) is 0 Å². The van der Waals surface area contributed by atoms with E-state index in [4.69, 9.17) is 11.6 Å². The summed E-state index contributed by atoms with van der Waals surface area (Å²) in [6.07, 6.45) is 1.11. The van der Waals surface area contributed by atoms with Crippen molar-refractivity contribution in [1.82, 2.24) is 10.2 Å². The molecular formula is C13H19ClN2. The molecule has 2 nitrogen and oxygen atoms in total. The predicted molar refractivity (Wildman–Crippen MR) is 69.1 cm³/mol. The van der Waals surface area contributed by atoms with Gasteiger partial charge in [0.25, 0.3) is 0 Å². The minimum atomic E-state index is 0.569. The molecule has 3 heteroatoms. The third-order valence-electron chi connectivity index (χ3n) is 3.07. The lowest BCUT2D eigenvalue weighted by Crippen LogP contribution is -2.51. The molecule has 16 heavy (non-hydrogen) atoms. The largest absolute Gasteiger partial charge is 0.311 e. The standard InChI is InChI=1S/C13H19ClN2/c14-6-8-16-9-7-15-13(11-16)10-12-4-2-1-3-5-12/h1-5,13,15H,6-11H2/t13-/m1/s1. The Bertz CT molecular complexity index is 300. The van der Waals surface area contributed by atoms with Crippen LogP contribution in [0.2, 0.25) is 0 Å². The maximum atomic E-state index is 5.78. The molecule has 0 amide bonds. The van der Waals surface area contributed by atoms with Crippen molar-refractivity contribution in [1.29, 1.82) is 0 Å². The summed E-state index contributed by atoms with van der Waals surface area (Å²) in [7, 11) is 0. The fraction of sp³-hybridized carbons (Fsp3) is 0.538. The second-order valence-electron chi connectivity index (χ2n) is 4.33. The van der Waals surface area contributed by atoms with E-state index in [2.05, 4.69) is 40.5 Å². The number of hydrogen-bond donors (Lipinski definition) is 1. The average molecular weight is 239 g/mol. The second-order valence-corrected chi connectivity index (χ2v) is 4.71. The molecule has 0 aromatic heterocycles. The van der Waals surface area contributed by atoms with E-state index in [9.17, 15) is 0 Å². The zero-order valence-electron chi connectivity index (χ0n) is 9.53. The molecule has 1 aliphatic rings. The second kappa shape index (κ2) is 6.24. The fourth-order valence-electron chi connectivity index (χ4n) is 2.25. The van der Waals surface area contributed by atoms with Gasteiger partial charge < -0.3 is 5.32 Å². The van der Waals surface area contributed by atoms with Crippen LogP contribution in [0.25, 0.3) is 0 Å². The first kappa shape index (κ1) is 11.9. The smallest absolute Gasteiger partial charge is 0.0351 e. The zero-order chi connectivity index (χ0) is 11.2. The first-order valence-electron chi connectivity index (χ1n) is 5.94. The summed E-state index contributed by atoms with van der Waals surface area (Å²) in [5.74, 6) is 0.734. The number of halogens is 1. The number of piperazine rings is 1. The maximum absolute atomic E-state index is 5.78. The number of hydrogen-bond acceptors (Lipinski definition) is 2. The lowest BCUT2D eigenvalue weighted by molar-refractivity contribution is 0.209. The highest BCUT2D eigenvalue weighted by atomic mass is 35.5. The Morgan fingerprint density at radius 1 is 1.31 bits per heavy atom. The molecular weight excluding hydrogens is 220 g/mol. The van der Waals surface area contributed by atoms with Crippen LogP contribution in [0.3, 0.4) is 0 Å². The molecule has 0 radical (unpaired) electrons. The monoisotopic (exact) mass is 238 g/mol. The van der Waals surface area contributed by atoms with Gasteiger partial charge in [0, 0.05) is 38.1 Å². The minimum Gasteiger partial charge on any atom is -0.311 e. The number of rotatable bonds is 4. The summed E-state index contributed by atoms with van der Waals surface area (Å²) >= 11 is 5.78.